The van der Waals surface area contributed by atoms with Crippen molar-refractivity contribution >= 4 is 47.4 Å². The molecule has 0 bridgehead atoms. The van der Waals surface area contributed by atoms with Crippen LogP contribution >= 0.6 is 22.6 Å². The third-order valence-electron chi connectivity index (χ3n) is 8.92. The van der Waals surface area contributed by atoms with Crippen LogP contribution in [0.2, 0.25) is 18.6 Å². The van der Waals surface area contributed by atoms with E-state index in [1.807, 2.05) is 17.0 Å². The normalized spacial score (nSPS) is 24.5. The molecule has 7 heteroatoms. The summed E-state index contributed by atoms with van der Waals surface area (Å²) in [7, 11) is -0.486. The number of hydrogen-bond acceptors (Lipinski definition) is 4. The molecule has 2 aliphatic rings. The van der Waals surface area contributed by atoms with Crippen LogP contribution in [0.3, 0.4) is 0 Å². The topological polar surface area (TPSA) is 59.0 Å². The van der Waals surface area contributed by atoms with Crippen LogP contribution in [0.5, 0.6) is 5.75 Å². The lowest BCUT2D eigenvalue weighted by Gasteiger charge is -2.37. The van der Waals surface area contributed by atoms with Gasteiger partial charge in [0.15, 0.2) is 5.60 Å². The van der Waals surface area contributed by atoms with Gasteiger partial charge in [-0.15, -0.1) is 0 Å². The lowest BCUT2D eigenvalue weighted by molar-refractivity contribution is -0.146. The zero-order valence-corrected chi connectivity index (χ0v) is 28.1. The number of hydrogen-bond donors (Lipinski definition) is 1. The molecule has 216 valence electrons. The third-order valence-corrected chi connectivity index (χ3v) is 14.0. The Kier molecular flexibility index (Phi) is 9.70. The predicted octanol–water partition coefficient (Wildman–Crippen LogP) is 6.94. The summed E-state index contributed by atoms with van der Waals surface area (Å²) in [5, 5.41) is 11.4. The fourth-order valence-corrected chi connectivity index (χ4v) is 11.4. The molecule has 40 heavy (non-hydrogen) atoms. The van der Waals surface area contributed by atoms with E-state index in [2.05, 4.69) is 106 Å². The lowest BCUT2D eigenvalue weighted by Crippen LogP contribution is -2.51. The smallest absolute Gasteiger partial charge is 0.264 e. The maximum absolute atomic E-state index is 14.6. The minimum atomic E-state index is -2.17. The second-order valence-electron chi connectivity index (χ2n) is 12.1. The van der Waals surface area contributed by atoms with E-state index in [1.165, 1.54) is 16.3 Å². The van der Waals surface area contributed by atoms with Crippen molar-refractivity contribution in [1.29, 1.82) is 0 Å². The van der Waals surface area contributed by atoms with E-state index in [9.17, 15) is 9.90 Å². The summed E-state index contributed by atoms with van der Waals surface area (Å²) in [5.41, 5.74) is 3.61. The molecule has 4 rings (SSSR count). The molecule has 4 atom stereocenters. The molecule has 0 aliphatic carbocycles. The van der Waals surface area contributed by atoms with E-state index in [0.29, 0.717) is 13.0 Å². The average molecular weight is 674 g/mol. The summed E-state index contributed by atoms with van der Waals surface area (Å²) in [6.45, 7) is 13.9. The van der Waals surface area contributed by atoms with Crippen LogP contribution in [-0.4, -0.2) is 45.5 Å². The summed E-state index contributed by atoms with van der Waals surface area (Å²) in [6, 6.07) is 14.7. The SMILES string of the molecule is COc1ccc([Si](C)(C)[C@@H]2[C@@H](CCO)O[C@]3(C(=O)N(C/C=C(\C)CCC=C(C)C)c4ccc(I)cc43)[C@H]2C)cc1. The summed E-state index contributed by atoms with van der Waals surface area (Å²) in [6.07, 6.45) is 6.74. The van der Waals surface area contributed by atoms with Crippen LogP contribution in [0.25, 0.3) is 0 Å². The first-order chi connectivity index (χ1) is 19.0. The molecule has 2 aliphatic heterocycles. The largest absolute Gasteiger partial charge is 0.497 e. The molecule has 0 saturated carbocycles. The second kappa shape index (κ2) is 12.5. The number of carbonyl (C=O) groups is 1. The molecule has 1 amide bonds. The molecule has 2 aromatic rings. The number of aliphatic hydroxyl groups is 1. The Bertz CT molecular complexity index is 1280. The Labute approximate surface area is 254 Å². The van der Waals surface area contributed by atoms with Crippen molar-refractivity contribution in [3.63, 3.8) is 0 Å². The van der Waals surface area contributed by atoms with Gasteiger partial charge in [0.1, 0.15) is 5.75 Å². The van der Waals surface area contributed by atoms with Gasteiger partial charge in [-0.05, 0) is 98.5 Å². The summed E-state index contributed by atoms with van der Waals surface area (Å²) >= 11 is 2.33. The van der Waals surface area contributed by atoms with Crippen LogP contribution in [0.4, 0.5) is 5.69 Å². The average Bonchev–Trinajstić information content (AvgIpc) is 3.33. The first-order valence-electron chi connectivity index (χ1n) is 14.3. The number of carbonyl (C=O) groups excluding carboxylic acids is 1. The van der Waals surface area contributed by atoms with Gasteiger partial charge in [0.25, 0.3) is 5.91 Å². The van der Waals surface area contributed by atoms with Crippen LogP contribution in [-0.2, 0) is 15.1 Å². The van der Waals surface area contributed by atoms with Crippen LogP contribution in [0.1, 0.15) is 52.5 Å². The molecule has 2 aromatic carbocycles. The molecule has 1 saturated heterocycles. The highest BCUT2D eigenvalue weighted by molar-refractivity contribution is 14.1. The van der Waals surface area contributed by atoms with Crippen LogP contribution in [0.15, 0.2) is 65.8 Å². The fraction of sp³-hybridized carbons (Fsp3) is 0.485. The Morgan fingerprint density at radius 3 is 2.48 bits per heavy atom. The summed E-state index contributed by atoms with van der Waals surface area (Å²) in [4.78, 5) is 16.5. The van der Waals surface area contributed by atoms with Crippen LogP contribution in [0, 0.1) is 9.49 Å². The van der Waals surface area contributed by atoms with Gasteiger partial charge in [0.2, 0.25) is 0 Å². The van der Waals surface area contributed by atoms with Gasteiger partial charge < -0.3 is 19.5 Å². The van der Waals surface area contributed by atoms with Crippen molar-refractivity contribution in [2.45, 2.75) is 77.3 Å². The van der Waals surface area contributed by atoms with E-state index >= 15 is 0 Å². The number of methoxy groups -OCH3 is 1. The van der Waals surface area contributed by atoms with Crippen molar-refractivity contribution in [2.24, 2.45) is 5.92 Å². The Morgan fingerprint density at radius 1 is 1.15 bits per heavy atom. The summed E-state index contributed by atoms with van der Waals surface area (Å²) in [5.74, 6) is 0.808. The van der Waals surface area contributed by atoms with E-state index in [0.717, 1.165) is 33.4 Å². The van der Waals surface area contributed by atoms with E-state index in [4.69, 9.17) is 9.47 Å². The van der Waals surface area contributed by atoms with Gasteiger partial charge >= 0.3 is 0 Å². The highest BCUT2D eigenvalue weighted by Gasteiger charge is 2.66. The van der Waals surface area contributed by atoms with Gasteiger partial charge in [-0.3, -0.25) is 4.79 Å². The molecule has 1 spiro atoms. The van der Waals surface area contributed by atoms with Crippen molar-refractivity contribution < 1.29 is 19.4 Å². The highest BCUT2D eigenvalue weighted by Crippen LogP contribution is 2.60. The molecule has 0 radical (unpaired) electrons. The number of fused-ring (bicyclic) bond motifs is 2. The molecular formula is C33H44INO4Si. The fourth-order valence-electron chi connectivity index (χ4n) is 6.80. The third kappa shape index (κ3) is 5.71. The maximum atomic E-state index is 14.6. The molecule has 0 unspecified atom stereocenters. The molecule has 0 aromatic heterocycles. The first-order valence-corrected chi connectivity index (χ1v) is 18.5. The van der Waals surface area contributed by atoms with E-state index in [1.54, 1.807) is 7.11 Å². The van der Waals surface area contributed by atoms with Gasteiger partial charge in [-0.25, -0.2) is 0 Å². The quantitative estimate of drug-likeness (QED) is 0.169. The molecule has 1 fully saturated rings. The lowest BCUT2D eigenvalue weighted by atomic mass is 9.82. The number of amides is 1. The Morgan fingerprint density at radius 2 is 1.85 bits per heavy atom. The van der Waals surface area contributed by atoms with Crippen molar-refractivity contribution in [1.82, 2.24) is 0 Å². The molecule has 5 nitrogen and oxygen atoms in total. The number of nitrogens with zero attached hydrogens (tertiary/aromatic N) is 1. The number of rotatable bonds is 10. The monoisotopic (exact) mass is 673 g/mol. The standard InChI is InChI=1S/C33H44INO4Si/c1-22(2)9-8-10-23(3)17-19-35-29-16-11-25(34)21-28(29)33(32(35)37)24(4)31(30(39-33)18-20-36)40(6,7)27-14-12-26(38-5)13-15-27/h9,11-17,21,24,30-31,36H,8,10,18-20H2,1-7H3/b23-17+/t24-,30+,31-,33+/m0/s1. The Balaban J connectivity index is 1.73. The number of benzene rings is 2. The summed E-state index contributed by atoms with van der Waals surface area (Å²) < 4.78 is 13.5. The van der Waals surface area contributed by atoms with Crippen molar-refractivity contribution in [2.75, 3.05) is 25.2 Å². The first kappa shape index (κ1) is 31.0. The molecule has 1 N–H and O–H groups in total. The minimum Gasteiger partial charge on any atom is -0.497 e. The number of anilines is 1. The van der Waals surface area contributed by atoms with Gasteiger partial charge in [-0.1, -0.05) is 60.6 Å². The van der Waals surface area contributed by atoms with Gasteiger partial charge in [0, 0.05) is 28.2 Å². The number of ether oxygens (including phenoxy) is 2. The van der Waals surface area contributed by atoms with E-state index < -0.39 is 13.7 Å². The predicted molar refractivity (Wildman–Crippen MR) is 175 cm³/mol. The van der Waals surface area contributed by atoms with Crippen LogP contribution < -0.4 is 14.8 Å². The number of halogens is 1. The zero-order valence-electron chi connectivity index (χ0n) is 25.0. The molecule has 2 heterocycles. The molecular weight excluding hydrogens is 629 g/mol. The van der Waals surface area contributed by atoms with E-state index in [-0.39, 0.29) is 30.1 Å². The maximum Gasteiger partial charge on any atom is 0.264 e. The number of aliphatic hydroxyl groups excluding tert-OH is 1. The minimum absolute atomic E-state index is 0.0234. The van der Waals surface area contributed by atoms with Gasteiger partial charge in [0.05, 0.1) is 27.0 Å². The van der Waals surface area contributed by atoms with Gasteiger partial charge in [-0.2, -0.15) is 0 Å². The number of allylic oxidation sites excluding steroid dienone is 3. The van der Waals surface area contributed by atoms with Crippen molar-refractivity contribution in [3.05, 3.63) is 74.9 Å². The Hall–Kier alpha value is -1.94. The highest BCUT2D eigenvalue weighted by atomic mass is 127. The van der Waals surface area contributed by atoms with Crippen molar-refractivity contribution in [3.8, 4) is 5.75 Å². The zero-order chi connectivity index (χ0) is 29.2. The second-order valence-corrected chi connectivity index (χ2v) is 18.0.